The normalized spacial score (nSPS) is 13.0. The maximum Gasteiger partial charge on any atom is 1.00 e. The van der Waals surface area contributed by atoms with Crippen molar-refractivity contribution in [2.24, 2.45) is 0 Å². The average molecular weight is 212 g/mol. The number of carbonyl (C=O) groups is 3. The van der Waals surface area contributed by atoms with Crippen molar-refractivity contribution in [1.29, 1.82) is 0 Å². The van der Waals surface area contributed by atoms with Gasteiger partial charge in [0.05, 0.1) is 5.97 Å². The molecule has 0 aliphatic rings. The maximum absolute atomic E-state index is 10.9. The number of esters is 1. The molecule has 74 valence electrons. The van der Waals surface area contributed by atoms with Crippen LogP contribution in [0.4, 0.5) is 0 Å². The Morgan fingerprint density at radius 1 is 1.29 bits per heavy atom. The van der Waals surface area contributed by atoms with E-state index in [2.05, 4.69) is 9.47 Å². The predicted octanol–water partition coefficient (Wildman–Crippen LogP) is -4.77. The van der Waals surface area contributed by atoms with Crippen LogP contribution in [0, 0.1) is 0 Å². The van der Waals surface area contributed by atoms with Gasteiger partial charge >= 0.3 is 35.5 Å². The van der Waals surface area contributed by atoms with E-state index in [9.17, 15) is 19.5 Å². The molecule has 0 saturated carbocycles. The largest absolute Gasteiger partial charge is 1.00 e. The predicted molar refractivity (Wildman–Crippen MR) is 37.2 cm³/mol. The number of ether oxygens (including phenoxy) is 2. The van der Waals surface area contributed by atoms with Crippen molar-refractivity contribution in [1.82, 2.24) is 0 Å². The van der Waals surface area contributed by atoms with E-state index in [1.807, 2.05) is 0 Å². The van der Waals surface area contributed by atoms with Crippen molar-refractivity contribution in [2.45, 2.75) is 26.1 Å². The van der Waals surface area contributed by atoms with Gasteiger partial charge in [0, 0.05) is 0 Å². The molecule has 0 aliphatic carbocycles. The third-order valence-electron chi connectivity index (χ3n) is 1.22. The molecule has 0 rings (SSSR count). The van der Waals surface area contributed by atoms with E-state index >= 15 is 0 Å². The van der Waals surface area contributed by atoms with Gasteiger partial charge in [-0.1, -0.05) is 0 Å². The molecule has 0 N–H and O–H groups in total. The van der Waals surface area contributed by atoms with E-state index in [0.29, 0.717) is 0 Å². The van der Waals surface area contributed by atoms with Crippen LogP contribution in [0.2, 0.25) is 0 Å². The molecule has 7 heteroatoms. The zero-order valence-electron chi connectivity index (χ0n) is 8.18. The molecule has 0 aromatic carbocycles. The van der Waals surface area contributed by atoms with Gasteiger partial charge in [-0.25, -0.2) is 4.79 Å². The van der Waals surface area contributed by atoms with Crippen molar-refractivity contribution >= 4 is 18.4 Å². The summed E-state index contributed by atoms with van der Waals surface area (Å²) in [6, 6.07) is 0. The van der Waals surface area contributed by atoms with Gasteiger partial charge in [0.15, 0.2) is 6.10 Å². The Morgan fingerprint density at radius 3 is 2.14 bits per heavy atom. The Balaban J connectivity index is 0. The molecular formula is C7H9NaO6. The first-order valence-corrected chi connectivity index (χ1v) is 3.49. The molecule has 14 heavy (non-hydrogen) atoms. The molecule has 0 bridgehead atoms. The average Bonchev–Trinajstić information content (AvgIpc) is 2.04. The van der Waals surface area contributed by atoms with Crippen LogP contribution in [0.1, 0.15) is 13.8 Å². The van der Waals surface area contributed by atoms with Crippen molar-refractivity contribution in [2.75, 3.05) is 0 Å². The minimum atomic E-state index is -1.51. The quantitative estimate of drug-likeness (QED) is 0.258. The molecule has 0 aliphatic heterocycles. The van der Waals surface area contributed by atoms with E-state index in [1.165, 1.54) is 6.92 Å². The second-order valence-corrected chi connectivity index (χ2v) is 2.27. The zero-order valence-corrected chi connectivity index (χ0v) is 10.2. The number of carbonyl (C=O) groups excluding carboxylic acids is 3. The van der Waals surface area contributed by atoms with E-state index in [0.717, 1.165) is 6.92 Å². The fourth-order valence-corrected chi connectivity index (χ4v) is 0.457. The van der Waals surface area contributed by atoms with E-state index in [1.54, 1.807) is 0 Å². The van der Waals surface area contributed by atoms with Crippen molar-refractivity contribution in [3.05, 3.63) is 0 Å². The Bertz CT molecular complexity index is 216. The zero-order chi connectivity index (χ0) is 10.4. The topological polar surface area (TPSA) is 92.7 Å². The molecule has 0 radical (unpaired) electrons. The molecule has 0 saturated heterocycles. The number of carboxylic acid groups (broad SMARTS) is 1. The summed E-state index contributed by atoms with van der Waals surface area (Å²) in [5.74, 6) is -2.43. The molecule has 0 aromatic heterocycles. The Labute approximate surface area is 103 Å². The van der Waals surface area contributed by atoms with Gasteiger partial charge in [-0.2, -0.15) is 0 Å². The van der Waals surface area contributed by atoms with Crippen LogP contribution < -0.4 is 34.7 Å². The molecule has 0 amide bonds. The van der Waals surface area contributed by atoms with Gasteiger partial charge in [0.2, 0.25) is 0 Å². The minimum Gasteiger partial charge on any atom is -0.546 e. The fraction of sp³-hybridized carbons (Fsp3) is 0.571. The Kier molecular flexibility index (Phi) is 8.82. The molecule has 0 fully saturated rings. The number of aliphatic carboxylic acids is 1. The smallest absolute Gasteiger partial charge is 0.546 e. The fourth-order valence-electron chi connectivity index (χ4n) is 0.457. The molecule has 2 atom stereocenters. The van der Waals surface area contributed by atoms with Crippen LogP contribution in [0.3, 0.4) is 0 Å². The molecular weight excluding hydrogens is 203 g/mol. The molecule has 0 spiro atoms. The standard InChI is InChI=1S/C7H10O6.Na/c1-4(6(9)10)13-7(11)5(2)12-3-8;/h3-5H,1-2H3,(H,9,10);/q;+1/p-1. The molecule has 2 unspecified atom stereocenters. The summed E-state index contributed by atoms with van der Waals surface area (Å²) in [6.07, 6.45) is -2.47. The summed E-state index contributed by atoms with van der Waals surface area (Å²) in [7, 11) is 0. The Morgan fingerprint density at radius 2 is 1.79 bits per heavy atom. The summed E-state index contributed by atoms with van der Waals surface area (Å²) >= 11 is 0. The summed E-state index contributed by atoms with van der Waals surface area (Å²) in [5.41, 5.74) is 0. The summed E-state index contributed by atoms with van der Waals surface area (Å²) in [5, 5.41) is 10.1. The minimum absolute atomic E-state index is 0. The molecule has 6 nitrogen and oxygen atoms in total. The van der Waals surface area contributed by atoms with E-state index in [-0.39, 0.29) is 36.0 Å². The summed E-state index contributed by atoms with van der Waals surface area (Å²) in [4.78, 5) is 30.7. The van der Waals surface area contributed by atoms with Gasteiger partial charge in [0.1, 0.15) is 6.10 Å². The van der Waals surface area contributed by atoms with Crippen molar-refractivity contribution in [3.63, 3.8) is 0 Å². The second kappa shape index (κ2) is 7.78. The first-order valence-electron chi connectivity index (χ1n) is 3.49. The third kappa shape index (κ3) is 5.95. The summed E-state index contributed by atoms with van der Waals surface area (Å²) < 4.78 is 8.56. The maximum atomic E-state index is 10.9. The first kappa shape index (κ1) is 15.9. The van der Waals surface area contributed by atoms with E-state index in [4.69, 9.17) is 0 Å². The van der Waals surface area contributed by atoms with Crippen molar-refractivity contribution in [3.8, 4) is 0 Å². The third-order valence-corrected chi connectivity index (χ3v) is 1.22. The van der Waals surface area contributed by atoms with Gasteiger partial charge in [-0.3, -0.25) is 4.79 Å². The number of rotatable bonds is 5. The number of hydrogen-bond acceptors (Lipinski definition) is 6. The van der Waals surface area contributed by atoms with Crippen molar-refractivity contribution < 1.29 is 58.5 Å². The van der Waals surface area contributed by atoms with E-state index < -0.39 is 24.1 Å². The SMILES string of the molecule is CC(OC(=O)C(C)OC=O)C(=O)[O-].[Na+]. The summed E-state index contributed by atoms with van der Waals surface area (Å²) in [6.45, 7) is 2.48. The molecule has 0 aromatic rings. The number of carboxylic acids is 1. The van der Waals surface area contributed by atoms with Gasteiger partial charge in [-0.15, -0.1) is 0 Å². The first-order chi connectivity index (χ1) is 5.99. The van der Waals surface area contributed by atoms with Crippen LogP contribution in [-0.4, -0.2) is 30.6 Å². The van der Waals surface area contributed by atoms with Crippen LogP contribution in [0.5, 0.6) is 0 Å². The van der Waals surface area contributed by atoms with Crippen LogP contribution in [-0.2, 0) is 23.9 Å². The second-order valence-electron chi connectivity index (χ2n) is 2.27. The van der Waals surface area contributed by atoms with Crippen LogP contribution >= 0.6 is 0 Å². The Hall–Kier alpha value is -0.590. The number of hydrogen-bond donors (Lipinski definition) is 0. The van der Waals surface area contributed by atoms with Crippen LogP contribution in [0.15, 0.2) is 0 Å². The van der Waals surface area contributed by atoms with Gasteiger partial charge < -0.3 is 19.4 Å². The molecule has 0 heterocycles. The van der Waals surface area contributed by atoms with Crippen LogP contribution in [0.25, 0.3) is 0 Å². The monoisotopic (exact) mass is 212 g/mol. The van der Waals surface area contributed by atoms with Gasteiger partial charge in [-0.05, 0) is 13.8 Å². The van der Waals surface area contributed by atoms with Gasteiger partial charge in [0.25, 0.3) is 6.47 Å².